The van der Waals surface area contributed by atoms with Crippen LogP contribution in [0.15, 0.2) is 78.9 Å². The average molecular weight is 357 g/mol. The van der Waals surface area contributed by atoms with E-state index in [2.05, 4.69) is 90.4 Å². The van der Waals surface area contributed by atoms with Crippen molar-refractivity contribution in [2.75, 3.05) is 0 Å². The predicted molar refractivity (Wildman–Crippen MR) is 117 cm³/mol. The fraction of sp³-hybridized carbons (Fsp3) is 0.111. The van der Waals surface area contributed by atoms with E-state index in [1.54, 1.807) is 0 Å². The van der Waals surface area contributed by atoms with Crippen molar-refractivity contribution in [1.82, 2.24) is 4.57 Å². The average Bonchev–Trinajstić information content (AvgIpc) is 3.37. The highest BCUT2D eigenvalue weighted by molar-refractivity contribution is 6.19. The van der Waals surface area contributed by atoms with Crippen LogP contribution in [-0.2, 0) is 6.54 Å². The largest absolute Gasteiger partial charge is 0.341 e. The Bertz CT molecular complexity index is 1450. The first-order chi connectivity index (χ1) is 13.9. The van der Waals surface area contributed by atoms with Gasteiger partial charge < -0.3 is 4.57 Å². The molecule has 0 spiro atoms. The van der Waals surface area contributed by atoms with Crippen LogP contribution < -0.4 is 0 Å². The second-order valence-electron chi connectivity index (χ2n) is 7.98. The van der Waals surface area contributed by atoms with Crippen molar-refractivity contribution < 1.29 is 0 Å². The molecule has 0 radical (unpaired) electrons. The Labute approximate surface area is 163 Å². The van der Waals surface area contributed by atoms with Gasteiger partial charge in [0, 0.05) is 28.8 Å². The highest BCUT2D eigenvalue weighted by Gasteiger charge is 2.40. The molecule has 0 amide bonds. The van der Waals surface area contributed by atoms with Crippen LogP contribution in [0.1, 0.15) is 29.5 Å². The molecule has 7 rings (SSSR count). The van der Waals surface area contributed by atoms with Crippen molar-refractivity contribution in [3.8, 4) is 22.3 Å². The lowest BCUT2D eigenvalue weighted by molar-refractivity contribution is 0.827. The Morgan fingerprint density at radius 2 is 1.39 bits per heavy atom. The van der Waals surface area contributed by atoms with Crippen LogP contribution in [0.2, 0.25) is 0 Å². The quantitative estimate of drug-likeness (QED) is 0.299. The third-order valence-corrected chi connectivity index (χ3v) is 6.81. The van der Waals surface area contributed by atoms with Gasteiger partial charge in [-0.3, -0.25) is 0 Å². The second-order valence-corrected chi connectivity index (χ2v) is 7.98. The van der Waals surface area contributed by atoms with E-state index in [9.17, 15) is 0 Å². The number of hydrogen-bond acceptors (Lipinski definition) is 0. The van der Waals surface area contributed by atoms with E-state index in [4.69, 9.17) is 0 Å². The topological polar surface area (TPSA) is 4.93 Å². The molecule has 1 heteroatoms. The maximum absolute atomic E-state index is 2.48. The molecule has 0 saturated heterocycles. The molecule has 1 atom stereocenters. The molecule has 2 aliphatic rings. The zero-order valence-electron chi connectivity index (χ0n) is 15.7. The predicted octanol–water partition coefficient (Wildman–Crippen LogP) is 6.96. The number of aryl methyl sites for hydroxylation is 1. The van der Waals surface area contributed by atoms with E-state index in [0.29, 0.717) is 5.92 Å². The normalized spacial score (nSPS) is 15.8. The SMILES string of the molecule is CCn1c2ccccc2c2c3c4c(cc21)-c1ccccc1C4c1ccccc1-3. The fourth-order valence-electron chi connectivity index (χ4n) is 5.81. The third-order valence-electron chi connectivity index (χ3n) is 6.81. The van der Waals surface area contributed by atoms with E-state index in [-0.39, 0.29) is 0 Å². The lowest BCUT2D eigenvalue weighted by Crippen LogP contribution is -1.94. The number of fused-ring (bicyclic) bond motifs is 10. The van der Waals surface area contributed by atoms with Crippen LogP contribution in [0.25, 0.3) is 44.1 Å². The highest BCUT2D eigenvalue weighted by Crippen LogP contribution is 2.60. The molecule has 0 saturated carbocycles. The molecule has 0 aliphatic heterocycles. The Morgan fingerprint density at radius 3 is 2.21 bits per heavy atom. The van der Waals surface area contributed by atoms with Crippen molar-refractivity contribution in [2.24, 2.45) is 0 Å². The molecular formula is C27H19N. The van der Waals surface area contributed by atoms with Gasteiger partial charge in [-0.25, -0.2) is 0 Å². The van der Waals surface area contributed by atoms with E-state index >= 15 is 0 Å². The summed E-state index contributed by atoms with van der Waals surface area (Å²) in [5.74, 6) is 0.380. The van der Waals surface area contributed by atoms with Gasteiger partial charge in [0.25, 0.3) is 0 Å². The maximum Gasteiger partial charge on any atom is 0.0504 e. The summed E-state index contributed by atoms with van der Waals surface area (Å²) < 4.78 is 2.48. The van der Waals surface area contributed by atoms with E-state index < -0.39 is 0 Å². The van der Waals surface area contributed by atoms with Crippen LogP contribution in [-0.4, -0.2) is 4.57 Å². The van der Waals surface area contributed by atoms with Crippen molar-refractivity contribution in [1.29, 1.82) is 0 Å². The van der Waals surface area contributed by atoms with Crippen LogP contribution in [0.5, 0.6) is 0 Å². The van der Waals surface area contributed by atoms with Gasteiger partial charge in [-0.15, -0.1) is 0 Å². The van der Waals surface area contributed by atoms with Crippen LogP contribution in [0.3, 0.4) is 0 Å². The molecule has 0 N–H and O–H groups in total. The monoisotopic (exact) mass is 357 g/mol. The van der Waals surface area contributed by atoms with Gasteiger partial charge in [0.2, 0.25) is 0 Å². The van der Waals surface area contributed by atoms with Crippen LogP contribution >= 0.6 is 0 Å². The number of rotatable bonds is 1. The van der Waals surface area contributed by atoms with E-state index in [1.165, 1.54) is 60.8 Å². The van der Waals surface area contributed by atoms with E-state index in [0.717, 1.165) is 6.54 Å². The summed E-state index contributed by atoms with van der Waals surface area (Å²) in [7, 11) is 0. The van der Waals surface area contributed by atoms with Gasteiger partial charge in [0.05, 0.1) is 5.52 Å². The number of para-hydroxylation sites is 1. The first-order valence-corrected chi connectivity index (χ1v) is 10.1. The summed E-state index contributed by atoms with van der Waals surface area (Å²) in [6, 6.07) is 29.4. The summed E-state index contributed by atoms with van der Waals surface area (Å²) in [6.07, 6.45) is 0. The fourth-order valence-corrected chi connectivity index (χ4v) is 5.81. The number of benzene rings is 4. The first kappa shape index (κ1) is 14.7. The minimum atomic E-state index is 0.380. The first-order valence-electron chi connectivity index (χ1n) is 10.1. The molecular weight excluding hydrogens is 338 g/mol. The molecule has 1 unspecified atom stereocenters. The Kier molecular flexibility index (Phi) is 2.59. The third kappa shape index (κ3) is 1.52. The Balaban J connectivity index is 1.79. The van der Waals surface area contributed by atoms with E-state index in [1.807, 2.05) is 0 Å². The summed E-state index contributed by atoms with van der Waals surface area (Å²) >= 11 is 0. The number of aromatic nitrogens is 1. The Morgan fingerprint density at radius 1 is 0.714 bits per heavy atom. The molecule has 1 aromatic heterocycles. The molecule has 4 aromatic carbocycles. The van der Waals surface area contributed by atoms with Crippen LogP contribution in [0.4, 0.5) is 0 Å². The maximum atomic E-state index is 2.48. The molecule has 2 aliphatic carbocycles. The minimum absolute atomic E-state index is 0.380. The molecule has 28 heavy (non-hydrogen) atoms. The number of nitrogens with zero attached hydrogens (tertiary/aromatic N) is 1. The second kappa shape index (κ2) is 4.94. The number of hydrogen-bond donors (Lipinski definition) is 0. The standard InChI is InChI=1S/C27H19N/c1-2-28-22-14-8-7-13-20(22)25-23(28)15-21-16-9-3-4-10-17(16)24-18-11-5-6-12-19(18)26(25)27(21)24/h3-15,24H,2H2,1H3. The summed E-state index contributed by atoms with van der Waals surface area (Å²) in [6.45, 7) is 3.23. The molecule has 5 aromatic rings. The minimum Gasteiger partial charge on any atom is -0.341 e. The van der Waals surface area contributed by atoms with Gasteiger partial charge in [-0.2, -0.15) is 0 Å². The van der Waals surface area contributed by atoms with Gasteiger partial charge in [-0.05, 0) is 58.0 Å². The summed E-state index contributed by atoms with van der Waals surface area (Å²) in [5.41, 5.74) is 12.9. The zero-order valence-corrected chi connectivity index (χ0v) is 15.7. The molecule has 0 fully saturated rings. The summed E-state index contributed by atoms with van der Waals surface area (Å²) in [4.78, 5) is 0. The van der Waals surface area contributed by atoms with Gasteiger partial charge >= 0.3 is 0 Å². The molecule has 132 valence electrons. The van der Waals surface area contributed by atoms with Gasteiger partial charge in [0.15, 0.2) is 0 Å². The van der Waals surface area contributed by atoms with Crippen molar-refractivity contribution in [3.63, 3.8) is 0 Å². The highest BCUT2D eigenvalue weighted by atomic mass is 15.0. The van der Waals surface area contributed by atoms with Crippen LogP contribution in [0, 0.1) is 0 Å². The smallest absolute Gasteiger partial charge is 0.0504 e. The molecule has 1 nitrogen and oxygen atoms in total. The summed E-state index contributed by atoms with van der Waals surface area (Å²) in [5, 5.41) is 2.81. The van der Waals surface area contributed by atoms with Crippen molar-refractivity contribution in [3.05, 3.63) is 95.6 Å². The van der Waals surface area contributed by atoms with Crippen molar-refractivity contribution >= 4 is 21.8 Å². The zero-order chi connectivity index (χ0) is 18.4. The van der Waals surface area contributed by atoms with Gasteiger partial charge in [0.1, 0.15) is 0 Å². The molecule has 0 bridgehead atoms. The van der Waals surface area contributed by atoms with Gasteiger partial charge in [-0.1, -0.05) is 66.7 Å². The lowest BCUT2D eigenvalue weighted by Gasteiger charge is -2.11. The lowest BCUT2D eigenvalue weighted by atomic mass is 9.93. The Hall–Kier alpha value is -3.32. The molecule has 1 heterocycles. The van der Waals surface area contributed by atoms with Crippen molar-refractivity contribution in [2.45, 2.75) is 19.4 Å².